The van der Waals surface area contributed by atoms with E-state index < -0.39 is 6.10 Å². The van der Waals surface area contributed by atoms with Crippen molar-refractivity contribution in [2.24, 2.45) is 0 Å². The smallest absolute Gasteiger partial charge is 0.327 e. The Balaban J connectivity index is 1.51. The van der Waals surface area contributed by atoms with Crippen LogP contribution in [0.15, 0.2) is 24.3 Å². The minimum Gasteiger partial charge on any atom is -0.494 e. The average molecular weight is 348 g/mol. The Hall–Kier alpha value is -2.28. The van der Waals surface area contributed by atoms with Crippen LogP contribution in [-0.2, 0) is 4.79 Å². The number of fused-ring (bicyclic) bond motifs is 1. The van der Waals surface area contributed by atoms with E-state index in [1.54, 1.807) is 29.2 Å². The first kappa shape index (κ1) is 17.5. The lowest BCUT2D eigenvalue weighted by Crippen LogP contribution is -2.40. The first-order chi connectivity index (χ1) is 12.1. The average Bonchev–Trinajstić information content (AvgIpc) is 2.87. The molecule has 1 aromatic carbocycles. The lowest BCUT2D eigenvalue weighted by molar-refractivity contribution is -0.129. The molecule has 1 aromatic rings. The van der Waals surface area contributed by atoms with Crippen molar-refractivity contribution in [1.82, 2.24) is 9.80 Å². The number of ether oxygens (including phenoxy) is 2. The molecule has 0 saturated carbocycles. The van der Waals surface area contributed by atoms with E-state index in [0.29, 0.717) is 25.3 Å². The van der Waals surface area contributed by atoms with Crippen molar-refractivity contribution in [3.8, 4) is 11.5 Å². The summed E-state index contributed by atoms with van der Waals surface area (Å²) in [4.78, 5) is 27.5. The third-order valence-corrected chi connectivity index (χ3v) is 4.50. The van der Waals surface area contributed by atoms with Crippen molar-refractivity contribution in [3.63, 3.8) is 0 Å². The van der Waals surface area contributed by atoms with Crippen LogP contribution in [0, 0.1) is 0 Å². The highest BCUT2D eigenvalue weighted by molar-refractivity contribution is 6.04. The molecule has 0 aromatic heterocycles. The van der Waals surface area contributed by atoms with E-state index in [4.69, 9.17) is 9.47 Å². The van der Waals surface area contributed by atoms with Crippen LogP contribution in [0.4, 0.5) is 4.79 Å². The molecule has 2 atom stereocenters. The van der Waals surface area contributed by atoms with Gasteiger partial charge in [0.2, 0.25) is 0 Å². The molecule has 2 fully saturated rings. The van der Waals surface area contributed by atoms with Gasteiger partial charge in [0.25, 0.3) is 5.91 Å². The third kappa shape index (κ3) is 3.87. The highest BCUT2D eigenvalue weighted by atomic mass is 16.5. The van der Waals surface area contributed by atoms with Gasteiger partial charge >= 0.3 is 6.03 Å². The zero-order valence-electron chi connectivity index (χ0n) is 14.4. The third-order valence-electron chi connectivity index (χ3n) is 4.50. The summed E-state index contributed by atoms with van der Waals surface area (Å²) >= 11 is 0. The minimum absolute atomic E-state index is 0.00963. The Bertz CT molecular complexity index is 594. The summed E-state index contributed by atoms with van der Waals surface area (Å²) in [6, 6.07) is 6.44. The molecule has 7 heteroatoms. The topological polar surface area (TPSA) is 79.3 Å². The molecule has 1 N–H and O–H groups in total. The van der Waals surface area contributed by atoms with E-state index in [-0.39, 0.29) is 31.1 Å². The first-order valence-electron chi connectivity index (χ1n) is 8.76. The van der Waals surface area contributed by atoms with Crippen LogP contribution < -0.4 is 9.47 Å². The molecule has 2 aliphatic rings. The van der Waals surface area contributed by atoms with Gasteiger partial charge in [-0.2, -0.15) is 0 Å². The van der Waals surface area contributed by atoms with Crippen molar-refractivity contribution in [1.29, 1.82) is 0 Å². The molecule has 0 radical (unpaired) electrons. The number of hydrogen-bond acceptors (Lipinski definition) is 5. The van der Waals surface area contributed by atoms with Gasteiger partial charge in [-0.3, -0.25) is 9.69 Å². The fraction of sp³-hybridized carbons (Fsp3) is 0.556. The predicted octanol–water partition coefficient (Wildman–Crippen LogP) is 1.64. The SMILES string of the molecule is CCOc1ccc(OC[C@H](O)CN2C(=O)[C@@H]3CCCCN3C2=O)cc1. The van der Waals surface area contributed by atoms with E-state index in [9.17, 15) is 14.7 Å². The monoisotopic (exact) mass is 348 g/mol. The number of aliphatic hydroxyl groups excluding tert-OH is 1. The Labute approximate surface area is 147 Å². The lowest BCUT2D eigenvalue weighted by Gasteiger charge is -2.26. The van der Waals surface area contributed by atoms with E-state index in [2.05, 4.69) is 0 Å². The number of piperidine rings is 1. The van der Waals surface area contributed by atoms with Crippen LogP contribution in [0.25, 0.3) is 0 Å². The number of nitrogens with zero attached hydrogens (tertiary/aromatic N) is 2. The summed E-state index contributed by atoms with van der Waals surface area (Å²) in [6.45, 7) is 3.09. The maximum Gasteiger partial charge on any atom is 0.327 e. The number of urea groups is 1. The summed E-state index contributed by atoms with van der Waals surface area (Å²) in [5.41, 5.74) is 0. The van der Waals surface area contributed by atoms with Crippen LogP contribution in [0.1, 0.15) is 26.2 Å². The highest BCUT2D eigenvalue weighted by Crippen LogP contribution is 2.26. The largest absolute Gasteiger partial charge is 0.494 e. The minimum atomic E-state index is -0.930. The van der Waals surface area contributed by atoms with Crippen LogP contribution in [-0.4, -0.2) is 65.3 Å². The van der Waals surface area contributed by atoms with Crippen LogP contribution in [0.2, 0.25) is 0 Å². The summed E-state index contributed by atoms with van der Waals surface area (Å²) < 4.78 is 10.9. The van der Waals surface area contributed by atoms with Gasteiger partial charge in [0.15, 0.2) is 0 Å². The number of hydrogen-bond donors (Lipinski definition) is 1. The maximum absolute atomic E-state index is 12.4. The van der Waals surface area contributed by atoms with Crippen molar-refractivity contribution < 1.29 is 24.2 Å². The summed E-state index contributed by atoms with van der Waals surface area (Å²) in [7, 11) is 0. The standard InChI is InChI=1S/C18H24N2O5/c1-2-24-14-6-8-15(9-7-14)25-12-13(21)11-20-17(22)16-5-3-4-10-19(16)18(20)23/h6-9,13,16,21H,2-5,10-12H2,1H3/t13-,16+/m1/s1. The van der Waals surface area contributed by atoms with Gasteiger partial charge in [-0.1, -0.05) is 0 Å². The van der Waals surface area contributed by atoms with Crippen molar-refractivity contribution in [2.75, 3.05) is 26.3 Å². The molecule has 7 nitrogen and oxygen atoms in total. The normalized spacial score (nSPS) is 21.3. The number of imide groups is 1. The van der Waals surface area contributed by atoms with Crippen molar-refractivity contribution in [3.05, 3.63) is 24.3 Å². The summed E-state index contributed by atoms with van der Waals surface area (Å²) in [5, 5.41) is 10.2. The number of amides is 3. The molecule has 0 aliphatic carbocycles. The Morgan fingerprint density at radius 3 is 2.48 bits per heavy atom. The molecule has 2 aliphatic heterocycles. The number of aliphatic hydroxyl groups is 1. The molecule has 25 heavy (non-hydrogen) atoms. The second-order valence-electron chi connectivity index (χ2n) is 6.31. The second kappa shape index (κ2) is 7.74. The summed E-state index contributed by atoms with van der Waals surface area (Å²) in [5.74, 6) is 1.14. The maximum atomic E-state index is 12.4. The first-order valence-corrected chi connectivity index (χ1v) is 8.76. The zero-order valence-corrected chi connectivity index (χ0v) is 14.4. The molecule has 3 amide bonds. The quantitative estimate of drug-likeness (QED) is 0.758. The van der Waals surface area contributed by atoms with Crippen molar-refractivity contribution in [2.45, 2.75) is 38.3 Å². The zero-order chi connectivity index (χ0) is 17.8. The molecule has 0 bridgehead atoms. The van der Waals surface area contributed by atoms with Crippen molar-refractivity contribution >= 4 is 11.9 Å². The molecule has 0 spiro atoms. The second-order valence-corrected chi connectivity index (χ2v) is 6.31. The Morgan fingerprint density at radius 2 is 1.84 bits per heavy atom. The molecule has 2 saturated heterocycles. The molecule has 0 unspecified atom stereocenters. The molecule has 2 heterocycles. The number of β-amino-alcohol motifs (C(OH)–C–C–N with tert-alkyl or cyclic N) is 1. The number of carbonyl (C=O) groups excluding carboxylic acids is 2. The fourth-order valence-electron chi connectivity index (χ4n) is 3.27. The van der Waals surface area contributed by atoms with Crippen LogP contribution >= 0.6 is 0 Å². The van der Waals surface area contributed by atoms with Gasteiger partial charge in [0.1, 0.15) is 30.3 Å². The highest BCUT2D eigenvalue weighted by Gasteiger charge is 2.46. The van der Waals surface area contributed by atoms with Gasteiger partial charge in [-0.15, -0.1) is 0 Å². The molecule has 136 valence electrons. The number of benzene rings is 1. The lowest BCUT2D eigenvalue weighted by atomic mass is 10.0. The number of carbonyl (C=O) groups is 2. The van der Waals surface area contributed by atoms with Gasteiger partial charge < -0.3 is 19.5 Å². The van der Waals surface area contributed by atoms with Crippen LogP contribution in [0.3, 0.4) is 0 Å². The van der Waals surface area contributed by atoms with Gasteiger partial charge in [-0.05, 0) is 50.5 Å². The molecular weight excluding hydrogens is 324 g/mol. The van der Waals surface area contributed by atoms with Gasteiger partial charge in [0.05, 0.1) is 13.2 Å². The van der Waals surface area contributed by atoms with Crippen LogP contribution in [0.5, 0.6) is 11.5 Å². The van der Waals surface area contributed by atoms with E-state index in [1.807, 2.05) is 6.92 Å². The Morgan fingerprint density at radius 1 is 1.16 bits per heavy atom. The van der Waals surface area contributed by atoms with E-state index in [1.165, 1.54) is 0 Å². The van der Waals surface area contributed by atoms with Gasteiger partial charge in [0, 0.05) is 6.54 Å². The van der Waals surface area contributed by atoms with Gasteiger partial charge in [-0.25, -0.2) is 4.79 Å². The van der Waals surface area contributed by atoms with E-state index in [0.717, 1.165) is 23.5 Å². The number of rotatable bonds is 7. The van der Waals surface area contributed by atoms with E-state index >= 15 is 0 Å². The predicted molar refractivity (Wildman–Crippen MR) is 90.6 cm³/mol. The Kier molecular flexibility index (Phi) is 5.43. The molecule has 3 rings (SSSR count). The fourth-order valence-corrected chi connectivity index (χ4v) is 3.27. The molecular formula is C18H24N2O5. The summed E-state index contributed by atoms with van der Waals surface area (Å²) in [6.07, 6.45) is 1.66.